The molecule has 84 valence electrons. The van der Waals surface area contributed by atoms with Gasteiger partial charge in [-0.25, -0.2) is 5.01 Å². The van der Waals surface area contributed by atoms with E-state index < -0.39 is 0 Å². The summed E-state index contributed by atoms with van der Waals surface area (Å²) in [5, 5.41) is 5.86. The van der Waals surface area contributed by atoms with Crippen LogP contribution < -0.4 is 0 Å². The number of rotatable bonds is 2. The predicted octanol–water partition coefficient (Wildman–Crippen LogP) is 2.35. The number of nitrogens with zero attached hydrogens (tertiary/aromatic N) is 2. The molecule has 1 amide bonds. The van der Waals surface area contributed by atoms with E-state index in [-0.39, 0.29) is 11.8 Å². The Balaban J connectivity index is 2.18. The monoisotopic (exact) mass is 216 g/mol. The van der Waals surface area contributed by atoms with Gasteiger partial charge in [-0.3, -0.25) is 4.79 Å². The minimum atomic E-state index is -0.0657. The molecular formula is C13H16N2O. The maximum absolute atomic E-state index is 11.8. The van der Waals surface area contributed by atoms with Crippen LogP contribution in [-0.2, 0) is 11.3 Å². The van der Waals surface area contributed by atoms with Crippen LogP contribution in [0.5, 0.6) is 0 Å². The van der Waals surface area contributed by atoms with E-state index in [1.807, 2.05) is 32.0 Å². The largest absolute Gasteiger partial charge is 0.272 e. The molecule has 0 N–H and O–H groups in total. The second kappa shape index (κ2) is 4.08. The van der Waals surface area contributed by atoms with Crippen molar-refractivity contribution >= 4 is 11.6 Å². The number of hydrazone groups is 1. The van der Waals surface area contributed by atoms with Gasteiger partial charge in [-0.15, -0.1) is 0 Å². The molecule has 3 nitrogen and oxygen atoms in total. The van der Waals surface area contributed by atoms with E-state index in [1.165, 1.54) is 5.56 Å². The standard InChI is InChI=1S/C13H16N2O/c1-9-6-4-5-7-12(9)8-15-13(16)10(2)11(3)14-15/h4-7,10H,8H2,1-3H3. The number of benzene rings is 1. The number of aryl methyl sites for hydroxylation is 1. The summed E-state index contributed by atoms with van der Waals surface area (Å²) in [6.07, 6.45) is 0. The molecule has 0 bridgehead atoms. The van der Waals surface area contributed by atoms with Crippen LogP contribution in [0.25, 0.3) is 0 Å². The molecule has 0 saturated heterocycles. The van der Waals surface area contributed by atoms with Gasteiger partial charge in [-0.2, -0.15) is 5.10 Å². The summed E-state index contributed by atoms with van der Waals surface area (Å²) < 4.78 is 0. The highest BCUT2D eigenvalue weighted by Crippen LogP contribution is 2.19. The zero-order valence-electron chi connectivity index (χ0n) is 9.90. The lowest BCUT2D eigenvalue weighted by molar-refractivity contribution is -0.131. The molecule has 1 unspecified atom stereocenters. The molecule has 1 aliphatic heterocycles. The number of carbonyl (C=O) groups is 1. The second-order valence-corrected chi connectivity index (χ2v) is 4.29. The number of hydrogen-bond acceptors (Lipinski definition) is 2. The van der Waals surface area contributed by atoms with Crippen molar-refractivity contribution in [1.82, 2.24) is 5.01 Å². The van der Waals surface area contributed by atoms with Crippen molar-refractivity contribution in [1.29, 1.82) is 0 Å². The average Bonchev–Trinajstić information content (AvgIpc) is 2.50. The molecule has 3 heteroatoms. The first-order chi connectivity index (χ1) is 7.59. The van der Waals surface area contributed by atoms with Gasteiger partial charge in [0.15, 0.2) is 0 Å². The Bertz CT molecular complexity index is 451. The van der Waals surface area contributed by atoms with Crippen LogP contribution in [0.3, 0.4) is 0 Å². The Labute approximate surface area is 95.8 Å². The third kappa shape index (κ3) is 1.85. The van der Waals surface area contributed by atoms with Gasteiger partial charge in [0.05, 0.1) is 12.5 Å². The average molecular weight is 216 g/mol. The van der Waals surface area contributed by atoms with Gasteiger partial charge in [0.2, 0.25) is 0 Å². The number of hydrogen-bond donors (Lipinski definition) is 0. The molecule has 1 aromatic rings. The van der Waals surface area contributed by atoms with E-state index in [0.717, 1.165) is 11.3 Å². The lowest BCUT2D eigenvalue weighted by atomic mass is 10.1. The van der Waals surface area contributed by atoms with Crippen LogP contribution in [0, 0.1) is 12.8 Å². The SMILES string of the molecule is CC1=NN(Cc2ccccc2C)C(=O)C1C. The number of carbonyl (C=O) groups excluding carboxylic acids is 1. The Hall–Kier alpha value is -1.64. The van der Waals surface area contributed by atoms with Crippen molar-refractivity contribution in [2.75, 3.05) is 0 Å². The van der Waals surface area contributed by atoms with Gasteiger partial charge in [-0.1, -0.05) is 24.3 Å². The first-order valence-electron chi connectivity index (χ1n) is 5.50. The zero-order chi connectivity index (χ0) is 11.7. The van der Waals surface area contributed by atoms with Crippen molar-refractivity contribution in [2.24, 2.45) is 11.0 Å². The van der Waals surface area contributed by atoms with E-state index in [0.29, 0.717) is 6.54 Å². The van der Waals surface area contributed by atoms with Crippen LogP contribution in [0.2, 0.25) is 0 Å². The van der Waals surface area contributed by atoms with E-state index in [9.17, 15) is 4.79 Å². The molecule has 1 atom stereocenters. The van der Waals surface area contributed by atoms with E-state index in [4.69, 9.17) is 0 Å². The van der Waals surface area contributed by atoms with E-state index in [1.54, 1.807) is 5.01 Å². The van der Waals surface area contributed by atoms with Crippen molar-refractivity contribution in [3.63, 3.8) is 0 Å². The van der Waals surface area contributed by atoms with Gasteiger partial charge >= 0.3 is 0 Å². The minimum Gasteiger partial charge on any atom is -0.272 e. The molecule has 1 aliphatic rings. The van der Waals surface area contributed by atoms with Crippen molar-refractivity contribution in [3.8, 4) is 0 Å². The van der Waals surface area contributed by atoms with Crippen molar-refractivity contribution < 1.29 is 4.79 Å². The van der Waals surface area contributed by atoms with Gasteiger partial charge in [0.25, 0.3) is 5.91 Å². The topological polar surface area (TPSA) is 32.7 Å². The first kappa shape index (κ1) is 10.9. The highest BCUT2D eigenvalue weighted by Gasteiger charge is 2.29. The highest BCUT2D eigenvalue weighted by atomic mass is 16.2. The maximum atomic E-state index is 11.8. The van der Waals surface area contributed by atoms with E-state index in [2.05, 4.69) is 18.1 Å². The van der Waals surface area contributed by atoms with Crippen LogP contribution >= 0.6 is 0 Å². The molecule has 0 spiro atoms. The highest BCUT2D eigenvalue weighted by molar-refractivity contribution is 6.06. The fourth-order valence-corrected chi connectivity index (χ4v) is 1.79. The fourth-order valence-electron chi connectivity index (χ4n) is 1.79. The molecule has 1 heterocycles. The lowest BCUT2D eigenvalue weighted by Gasteiger charge is -2.14. The molecule has 1 aromatic carbocycles. The minimum absolute atomic E-state index is 0.0657. The lowest BCUT2D eigenvalue weighted by Crippen LogP contribution is -2.25. The maximum Gasteiger partial charge on any atom is 0.251 e. The fraction of sp³-hybridized carbons (Fsp3) is 0.385. The Morgan fingerprint density at radius 3 is 2.56 bits per heavy atom. The van der Waals surface area contributed by atoms with Gasteiger partial charge in [0, 0.05) is 5.71 Å². The Morgan fingerprint density at radius 2 is 2.00 bits per heavy atom. The summed E-state index contributed by atoms with van der Waals surface area (Å²) in [6.45, 7) is 6.43. The summed E-state index contributed by atoms with van der Waals surface area (Å²) in [4.78, 5) is 11.8. The summed E-state index contributed by atoms with van der Waals surface area (Å²) in [5.74, 6) is 0.0322. The third-order valence-corrected chi connectivity index (χ3v) is 3.11. The van der Waals surface area contributed by atoms with E-state index >= 15 is 0 Å². The second-order valence-electron chi connectivity index (χ2n) is 4.29. The molecular weight excluding hydrogens is 200 g/mol. The molecule has 0 aromatic heterocycles. The summed E-state index contributed by atoms with van der Waals surface area (Å²) >= 11 is 0. The predicted molar refractivity (Wildman–Crippen MR) is 64.0 cm³/mol. The summed E-state index contributed by atoms with van der Waals surface area (Å²) in [6, 6.07) is 8.08. The summed E-state index contributed by atoms with van der Waals surface area (Å²) in [7, 11) is 0. The van der Waals surface area contributed by atoms with Crippen LogP contribution in [0.1, 0.15) is 25.0 Å². The smallest absolute Gasteiger partial charge is 0.251 e. The third-order valence-electron chi connectivity index (χ3n) is 3.11. The van der Waals surface area contributed by atoms with Gasteiger partial charge in [0.1, 0.15) is 0 Å². The Morgan fingerprint density at radius 1 is 1.31 bits per heavy atom. The normalized spacial score (nSPS) is 20.2. The first-order valence-corrected chi connectivity index (χ1v) is 5.50. The molecule has 0 fully saturated rings. The Kier molecular flexibility index (Phi) is 2.77. The summed E-state index contributed by atoms with van der Waals surface area (Å²) in [5.41, 5.74) is 3.25. The van der Waals surface area contributed by atoms with Crippen molar-refractivity contribution in [3.05, 3.63) is 35.4 Å². The molecule has 0 saturated carbocycles. The van der Waals surface area contributed by atoms with Crippen molar-refractivity contribution in [2.45, 2.75) is 27.3 Å². The molecule has 2 rings (SSSR count). The van der Waals surface area contributed by atoms with Gasteiger partial charge in [-0.05, 0) is 31.9 Å². The van der Waals surface area contributed by atoms with Crippen LogP contribution in [-0.4, -0.2) is 16.6 Å². The van der Waals surface area contributed by atoms with Gasteiger partial charge < -0.3 is 0 Å². The quantitative estimate of drug-likeness (QED) is 0.747. The van der Waals surface area contributed by atoms with Crippen LogP contribution in [0.4, 0.5) is 0 Å². The number of amides is 1. The van der Waals surface area contributed by atoms with Crippen LogP contribution in [0.15, 0.2) is 29.4 Å². The molecule has 0 aliphatic carbocycles. The molecule has 0 radical (unpaired) electrons. The molecule has 16 heavy (non-hydrogen) atoms. The zero-order valence-corrected chi connectivity index (χ0v) is 9.90.